The Balaban J connectivity index is 1.56. The van der Waals surface area contributed by atoms with E-state index in [1.54, 1.807) is 6.07 Å². The van der Waals surface area contributed by atoms with E-state index in [9.17, 15) is 0 Å². The lowest BCUT2D eigenvalue weighted by atomic mass is 9.92. The second kappa shape index (κ2) is 9.06. The fourth-order valence-corrected chi connectivity index (χ4v) is 5.38. The fraction of sp³-hybridized carbons (Fsp3) is 0.0938. The summed E-state index contributed by atoms with van der Waals surface area (Å²) in [4.78, 5) is 12.3. The Hall–Kier alpha value is -5.04. The van der Waals surface area contributed by atoms with Crippen molar-refractivity contribution < 1.29 is 4.39 Å². The number of fused-ring (bicyclic) bond motifs is 4. The quantitative estimate of drug-likeness (QED) is 0.274. The molecule has 7 heteroatoms. The summed E-state index contributed by atoms with van der Waals surface area (Å²) in [5.41, 5.74) is 6.74. The van der Waals surface area contributed by atoms with Gasteiger partial charge in [0.15, 0.2) is 17.5 Å². The molecule has 1 unspecified atom stereocenters. The second-order valence-electron chi connectivity index (χ2n) is 9.69. The van der Waals surface area contributed by atoms with Crippen molar-refractivity contribution in [3.63, 3.8) is 0 Å². The zero-order chi connectivity index (χ0) is 26.5. The molecule has 0 saturated heterocycles. The first kappa shape index (κ1) is 23.1. The maximum atomic E-state index is 15.6. The number of amidine groups is 2. The fourth-order valence-electron chi connectivity index (χ4n) is 5.38. The molecule has 1 atom stereocenters. The summed E-state index contributed by atoms with van der Waals surface area (Å²) in [5.74, 6) is 1.58. The number of benzene rings is 4. The van der Waals surface area contributed by atoms with Crippen LogP contribution in [0.2, 0.25) is 0 Å². The largest absolute Gasteiger partial charge is 0.335 e. The smallest absolute Gasteiger partial charge is 0.179 e. The summed E-state index contributed by atoms with van der Waals surface area (Å²) in [7, 11) is 0. The summed E-state index contributed by atoms with van der Waals surface area (Å²) in [6.07, 6.45) is 0. The van der Waals surface area contributed by atoms with Gasteiger partial charge in [0.2, 0.25) is 0 Å². The Kier molecular flexibility index (Phi) is 5.37. The Morgan fingerprint density at radius 1 is 0.821 bits per heavy atom. The number of nitrogens with zero attached hydrogens (tertiary/aromatic N) is 5. The molecule has 0 spiro atoms. The Bertz CT molecular complexity index is 1790. The number of nitrogens with one attached hydrogen (secondary N) is 1. The molecule has 7 rings (SSSR count). The van der Waals surface area contributed by atoms with Crippen LogP contribution in [0.3, 0.4) is 0 Å². The number of aromatic nitrogens is 2. The van der Waals surface area contributed by atoms with Crippen molar-refractivity contribution in [1.82, 2.24) is 9.78 Å². The predicted molar refractivity (Wildman–Crippen MR) is 154 cm³/mol. The molecule has 0 aliphatic carbocycles. The van der Waals surface area contributed by atoms with Crippen molar-refractivity contribution in [2.45, 2.75) is 19.9 Å². The molecular formula is C32H25FN6. The highest BCUT2D eigenvalue weighted by Crippen LogP contribution is 2.48. The van der Waals surface area contributed by atoms with Crippen LogP contribution >= 0.6 is 0 Å². The van der Waals surface area contributed by atoms with E-state index in [1.807, 2.05) is 110 Å². The molecule has 190 valence electrons. The molecule has 39 heavy (non-hydrogen) atoms. The number of para-hydroxylation sites is 4. The molecule has 1 N–H and O–H groups in total. The van der Waals surface area contributed by atoms with Gasteiger partial charge in [0.1, 0.15) is 5.82 Å². The Morgan fingerprint density at radius 3 is 2.36 bits per heavy atom. The Labute approximate surface area is 225 Å². The molecule has 5 aromatic rings. The third kappa shape index (κ3) is 3.74. The van der Waals surface area contributed by atoms with E-state index < -0.39 is 6.04 Å². The molecule has 0 fully saturated rings. The first-order valence-corrected chi connectivity index (χ1v) is 12.9. The number of hydrogen-bond donors (Lipinski definition) is 1. The van der Waals surface area contributed by atoms with Gasteiger partial charge in [0, 0.05) is 11.1 Å². The molecule has 0 amide bonds. The lowest BCUT2D eigenvalue weighted by Crippen LogP contribution is -2.48. The molecule has 3 heterocycles. The zero-order valence-corrected chi connectivity index (χ0v) is 21.5. The van der Waals surface area contributed by atoms with Gasteiger partial charge in [-0.05, 0) is 55.8 Å². The monoisotopic (exact) mass is 512 g/mol. The number of halogens is 1. The van der Waals surface area contributed by atoms with Gasteiger partial charge in [-0.2, -0.15) is 5.10 Å². The molecule has 0 radical (unpaired) electrons. The first-order valence-electron chi connectivity index (χ1n) is 12.9. The van der Waals surface area contributed by atoms with Crippen molar-refractivity contribution in [3.05, 3.63) is 131 Å². The van der Waals surface area contributed by atoms with Crippen molar-refractivity contribution >= 4 is 34.6 Å². The number of aryl methyl sites for hydroxylation is 2. The van der Waals surface area contributed by atoms with Crippen molar-refractivity contribution in [2.24, 2.45) is 9.98 Å². The van der Waals surface area contributed by atoms with Crippen LogP contribution in [-0.2, 0) is 0 Å². The number of anilines is 2. The van der Waals surface area contributed by atoms with Gasteiger partial charge in [-0.15, -0.1) is 0 Å². The molecule has 1 aromatic heterocycles. The molecule has 0 bridgehead atoms. The maximum absolute atomic E-state index is 15.6. The van der Waals surface area contributed by atoms with Gasteiger partial charge in [-0.25, -0.2) is 19.1 Å². The van der Waals surface area contributed by atoms with Crippen LogP contribution < -0.4 is 10.2 Å². The highest BCUT2D eigenvalue weighted by molar-refractivity contribution is 6.52. The van der Waals surface area contributed by atoms with Crippen LogP contribution in [-0.4, -0.2) is 21.5 Å². The van der Waals surface area contributed by atoms with Crippen LogP contribution in [0.1, 0.15) is 28.4 Å². The predicted octanol–water partition coefficient (Wildman–Crippen LogP) is 7.42. The minimum atomic E-state index is -0.503. The Morgan fingerprint density at radius 2 is 1.54 bits per heavy atom. The topological polar surface area (TPSA) is 57.8 Å². The van der Waals surface area contributed by atoms with E-state index in [4.69, 9.17) is 15.1 Å². The number of aliphatic imine (C=N–C) groups is 2. The van der Waals surface area contributed by atoms with E-state index in [0.717, 1.165) is 39.6 Å². The minimum Gasteiger partial charge on any atom is -0.335 e. The van der Waals surface area contributed by atoms with Crippen LogP contribution in [0.25, 0.3) is 5.69 Å². The van der Waals surface area contributed by atoms with Gasteiger partial charge in [0.05, 0.1) is 34.5 Å². The van der Waals surface area contributed by atoms with Crippen LogP contribution in [0.15, 0.2) is 113 Å². The molecular weight excluding hydrogens is 487 g/mol. The van der Waals surface area contributed by atoms with Gasteiger partial charge >= 0.3 is 0 Å². The SMILES string of the molecule is Cc1ccccc1N=C1Nc2ccccc2N2C1=Nc1c(c(C)nn1-c1ccccc1)C2c1ccccc1F. The van der Waals surface area contributed by atoms with Crippen LogP contribution in [0, 0.1) is 19.7 Å². The van der Waals surface area contributed by atoms with Crippen LogP contribution in [0.5, 0.6) is 0 Å². The minimum absolute atomic E-state index is 0.282. The van der Waals surface area contributed by atoms with Crippen molar-refractivity contribution in [3.8, 4) is 5.69 Å². The highest BCUT2D eigenvalue weighted by Gasteiger charge is 2.42. The number of hydrogen-bond acceptors (Lipinski definition) is 4. The summed E-state index contributed by atoms with van der Waals surface area (Å²) >= 11 is 0. The summed E-state index contributed by atoms with van der Waals surface area (Å²) in [6.45, 7) is 3.99. The van der Waals surface area contributed by atoms with Gasteiger partial charge in [0.25, 0.3) is 0 Å². The molecule has 0 saturated carbocycles. The summed E-state index contributed by atoms with van der Waals surface area (Å²) in [5, 5.41) is 8.41. The highest BCUT2D eigenvalue weighted by atomic mass is 19.1. The van der Waals surface area contributed by atoms with E-state index in [2.05, 4.69) is 10.2 Å². The van der Waals surface area contributed by atoms with Gasteiger partial charge in [-0.1, -0.05) is 66.7 Å². The van der Waals surface area contributed by atoms with E-state index in [1.165, 1.54) is 6.07 Å². The van der Waals surface area contributed by atoms with Crippen LogP contribution in [0.4, 0.5) is 27.3 Å². The van der Waals surface area contributed by atoms with Crippen molar-refractivity contribution in [1.29, 1.82) is 0 Å². The van der Waals surface area contributed by atoms with Gasteiger partial charge < -0.3 is 10.2 Å². The standard InChI is InChI=1S/C32H25FN6/c1-20-12-6-9-17-25(20)34-30-32-36-31-28(21(2)37-39(31)22-13-4-3-5-14-22)29(23-15-7-8-16-24(23)33)38(32)27-19-11-10-18-26(27)35-30/h3-19,29H,1-2H3,(H,34,35). The lowest BCUT2D eigenvalue weighted by Gasteiger charge is -2.42. The molecule has 2 aliphatic heterocycles. The summed E-state index contributed by atoms with van der Waals surface area (Å²) in [6, 6.07) is 32.3. The average Bonchev–Trinajstić information content (AvgIpc) is 3.30. The maximum Gasteiger partial charge on any atom is 0.179 e. The van der Waals surface area contributed by atoms with E-state index >= 15 is 4.39 Å². The third-order valence-corrected chi connectivity index (χ3v) is 7.23. The average molecular weight is 513 g/mol. The molecule has 4 aromatic carbocycles. The third-order valence-electron chi connectivity index (χ3n) is 7.23. The molecule has 2 aliphatic rings. The van der Waals surface area contributed by atoms with Crippen molar-refractivity contribution in [2.75, 3.05) is 10.2 Å². The van der Waals surface area contributed by atoms with E-state index in [0.29, 0.717) is 23.1 Å². The summed E-state index contributed by atoms with van der Waals surface area (Å²) < 4.78 is 17.5. The number of rotatable bonds is 3. The second-order valence-corrected chi connectivity index (χ2v) is 9.69. The van der Waals surface area contributed by atoms with E-state index in [-0.39, 0.29) is 5.82 Å². The molecule has 6 nitrogen and oxygen atoms in total. The first-order chi connectivity index (χ1) is 19.1. The zero-order valence-electron chi connectivity index (χ0n) is 21.5. The normalized spacial score (nSPS) is 16.7. The van der Waals surface area contributed by atoms with Gasteiger partial charge in [-0.3, -0.25) is 0 Å². The lowest BCUT2D eigenvalue weighted by molar-refractivity contribution is 0.597.